The lowest BCUT2D eigenvalue weighted by Crippen LogP contribution is -2.59. The molecule has 3 aromatic carbocycles. The number of nitrogens with two attached hydrogens (primary N) is 1. The van der Waals surface area contributed by atoms with E-state index in [-0.39, 0.29) is 19.6 Å². The lowest BCUT2D eigenvalue weighted by molar-refractivity contribution is -0.146. The number of alkyl carbamates (subject to hydrolysis) is 1. The number of aliphatic hydroxyl groups excluding tert-OH is 1. The van der Waals surface area contributed by atoms with E-state index in [4.69, 9.17) is 10.5 Å². The molecule has 0 spiro atoms. The van der Waals surface area contributed by atoms with Crippen LogP contribution in [0.4, 0.5) is 4.79 Å². The second kappa shape index (κ2) is 16.6. The molecule has 0 unspecified atom stereocenters. The molecular weight excluding hydrogens is 626 g/mol. The number of hydrogen-bond acceptors (Lipinski definition) is 7. The van der Waals surface area contributed by atoms with Crippen molar-refractivity contribution in [3.05, 3.63) is 114 Å². The van der Waals surface area contributed by atoms with Gasteiger partial charge in [0.1, 0.15) is 18.7 Å². The van der Waals surface area contributed by atoms with Crippen molar-refractivity contribution < 1.29 is 33.8 Å². The molecule has 1 heterocycles. The molecule has 49 heavy (non-hydrogen) atoms. The first-order valence-electron chi connectivity index (χ1n) is 16.0. The fraction of sp³-hybridized carbons (Fsp3) is 0.324. The minimum absolute atomic E-state index is 0.00684. The first kappa shape index (κ1) is 36.3. The monoisotopic (exact) mass is 669 g/mol. The standard InChI is InChI=1S/C37H43N5O7/c1-37(2,3)41-34(46)30-20-27(26-17-11-6-12-18-26)22-42(30)35(47)32(44)28(19-24-13-7-4-8-14-24)39-33(45)29(21-31(38)43)40-36(48)49-23-25-15-9-5-10-16-25/h4-18,20,28-30,32,44H,19,21-23H2,1-3H3,(H2,38,43)(H,39,45)(H,40,48)(H,41,46)/t28-,29-,30-,32-/m0/s1. The summed E-state index contributed by atoms with van der Waals surface area (Å²) in [6.45, 7) is 5.42. The zero-order chi connectivity index (χ0) is 35.6. The Labute approximate surface area is 285 Å². The van der Waals surface area contributed by atoms with Crippen molar-refractivity contribution in [2.24, 2.45) is 5.73 Å². The summed E-state index contributed by atoms with van der Waals surface area (Å²) < 4.78 is 5.22. The number of amides is 5. The molecule has 0 aromatic heterocycles. The number of carbonyl (C=O) groups is 5. The molecule has 12 nitrogen and oxygen atoms in total. The quantitative estimate of drug-likeness (QED) is 0.185. The molecule has 4 atom stereocenters. The van der Waals surface area contributed by atoms with Gasteiger partial charge in [0.15, 0.2) is 6.10 Å². The van der Waals surface area contributed by atoms with Crippen molar-refractivity contribution in [2.45, 2.75) is 70.0 Å². The molecular formula is C37H43N5O7. The zero-order valence-corrected chi connectivity index (χ0v) is 27.8. The van der Waals surface area contributed by atoms with Crippen LogP contribution in [0.1, 0.15) is 43.9 Å². The molecule has 0 fully saturated rings. The van der Waals surface area contributed by atoms with E-state index in [2.05, 4.69) is 16.0 Å². The van der Waals surface area contributed by atoms with Crippen LogP contribution >= 0.6 is 0 Å². The first-order valence-corrected chi connectivity index (χ1v) is 16.0. The van der Waals surface area contributed by atoms with Gasteiger partial charge in [0.05, 0.1) is 12.5 Å². The molecule has 4 rings (SSSR count). The summed E-state index contributed by atoms with van der Waals surface area (Å²) in [5.41, 5.74) is 7.74. The fourth-order valence-electron chi connectivity index (χ4n) is 5.38. The van der Waals surface area contributed by atoms with Crippen LogP contribution in [-0.4, -0.2) is 76.0 Å². The molecule has 3 aromatic rings. The Hall–Kier alpha value is -5.49. The highest BCUT2D eigenvalue weighted by atomic mass is 16.5. The topological polar surface area (TPSA) is 180 Å². The van der Waals surface area contributed by atoms with E-state index in [1.54, 1.807) is 60.7 Å². The molecule has 12 heteroatoms. The Balaban J connectivity index is 1.56. The van der Waals surface area contributed by atoms with Crippen molar-refractivity contribution >= 4 is 35.3 Å². The number of ether oxygens (including phenoxy) is 1. The third kappa shape index (κ3) is 10.8. The van der Waals surface area contributed by atoms with Gasteiger partial charge >= 0.3 is 6.09 Å². The summed E-state index contributed by atoms with van der Waals surface area (Å²) in [5, 5.41) is 19.5. The van der Waals surface area contributed by atoms with Gasteiger partial charge in [0.25, 0.3) is 5.91 Å². The first-order chi connectivity index (χ1) is 23.3. The van der Waals surface area contributed by atoms with Crippen LogP contribution in [0.2, 0.25) is 0 Å². The van der Waals surface area contributed by atoms with Crippen molar-refractivity contribution in [1.29, 1.82) is 0 Å². The van der Waals surface area contributed by atoms with Crippen molar-refractivity contribution in [2.75, 3.05) is 6.54 Å². The van der Waals surface area contributed by atoms with E-state index in [9.17, 15) is 29.1 Å². The highest BCUT2D eigenvalue weighted by molar-refractivity contribution is 5.97. The number of aliphatic hydroxyl groups is 1. The van der Waals surface area contributed by atoms with Gasteiger partial charge < -0.3 is 36.4 Å². The summed E-state index contributed by atoms with van der Waals surface area (Å²) in [4.78, 5) is 67.0. The van der Waals surface area contributed by atoms with Gasteiger partial charge in [-0.15, -0.1) is 0 Å². The number of hydrogen-bond donors (Lipinski definition) is 5. The Morgan fingerprint density at radius 2 is 1.45 bits per heavy atom. The maximum absolute atomic E-state index is 14.1. The molecule has 0 aliphatic carbocycles. The smallest absolute Gasteiger partial charge is 0.408 e. The summed E-state index contributed by atoms with van der Waals surface area (Å²) in [7, 11) is 0. The lowest BCUT2D eigenvalue weighted by atomic mass is 9.99. The van der Waals surface area contributed by atoms with Crippen molar-refractivity contribution in [1.82, 2.24) is 20.9 Å². The van der Waals surface area contributed by atoms with Gasteiger partial charge in [-0.3, -0.25) is 19.2 Å². The number of primary amides is 1. The number of nitrogens with zero attached hydrogens (tertiary/aromatic N) is 1. The molecule has 1 aliphatic heterocycles. The largest absolute Gasteiger partial charge is 0.445 e. The van der Waals surface area contributed by atoms with Crippen molar-refractivity contribution in [3.8, 4) is 0 Å². The van der Waals surface area contributed by atoms with Gasteiger partial charge in [-0.05, 0) is 55.5 Å². The van der Waals surface area contributed by atoms with Crippen LogP contribution in [-0.2, 0) is 36.9 Å². The van der Waals surface area contributed by atoms with E-state index in [1.165, 1.54) is 4.90 Å². The molecule has 5 amide bonds. The number of benzene rings is 3. The van der Waals surface area contributed by atoms with Gasteiger partial charge in [-0.1, -0.05) is 91.0 Å². The Morgan fingerprint density at radius 3 is 2.02 bits per heavy atom. The van der Waals surface area contributed by atoms with Crippen LogP contribution in [0, 0.1) is 0 Å². The molecule has 0 bridgehead atoms. The number of carbonyl (C=O) groups excluding carboxylic acids is 5. The molecule has 0 saturated heterocycles. The fourth-order valence-corrected chi connectivity index (χ4v) is 5.38. The average molecular weight is 670 g/mol. The summed E-state index contributed by atoms with van der Waals surface area (Å²) >= 11 is 0. The maximum Gasteiger partial charge on any atom is 0.408 e. The van der Waals surface area contributed by atoms with E-state index >= 15 is 0 Å². The molecule has 0 saturated carbocycles. The number of rotatable bonds is 13. The Bertz CT molecular complexity index is 1640. The van der Waals surface area contributed by atoms with Crippen LogP contribution in [0.25, 0.3) is 5.57 Å². The van der Waals surface area contributed by atoms with Gasteiger partial charge in [0.2, 0.25) is 17.7 Å². The van der Waals surface area contributed by atoms with E-state index in [1.807, 2.05) is 57.2 Å². The zero-order valence-electron chi connectivity index (χ0n) is 27.8. The summed E-state index contributed by atoms with van der Waals surface area (Å²) in [6, 6.07) is 23.3. The minimum atomic E-state index is -1.82. The van der Waals surface area contributed by atoms with Crippen LogP contribution in [0.3, 0.4) is 0 Å². The second-order valence-corrected chi connectivity index (χ2v) is 12.9. The van der Waals surface area contributed by atoms with Gasteiger partial charge in [-0.2, -0.15) is 0 Å². The maximum atomic E-state index is 14.1. The highest BCUT2D eigenvalue weighted by Crippen LogP contribution is 2.27. The second-order valence-electron chi connectivity index (χ2n) is 12.9. The molecule has 6 N–H and O–H groups in total. The summed E-state index contributed by atoms with van der Waals surface area (Å²) in [6.07, 6.45) is -1.66. The van der Waals surface area contributed by atoms with E-state index in [0.29, 0.717) is 11.1 Å². The van der Waals surface area contributed by atoms with Crippen LogP contribution in [0.15, 0.2) is 97.1 Å². The lowest BCUT2D eigenvalue weighted by Gasteiger charge is -2.32. The molecule has 258 valence electrons. The van der Waals surface area contributed by atoms with Crippen LogP contribution in [0.5, 0.6) is 0 Å². The molecule has 0 radical (unpaired) electrons. The SMILES string of the molecule is CC(C)(C)NC(=O)[C@@H]1C=C(c2ccccc2)CN1C(=O)[C@@H](O)[C@H](Cc1ccccc1)NC(=O)[C@H](CC(N)=O)NC(=O)OCc1ccccc1. The third-order valence-corrected chi connectivity index (χ3v) is 7.72. The third-order valence-electron chi connectivity index (χ3n) is 7.72. The number of nitrogens with one attached hydrogen (secondary N) is 3. The Kier molecular flexibility index (Phi) is 12.3. The van der Waals surface area contributed by atoms with E-state index in [0.717, 1.165) is 11.1 Å². The average Bonchev–Trinajstić information content (AvgIpc) is 3.52. The Morgan fingerprint density at radius 1 is 0.878 bits per heavy atom. The normalized spacial score (nSPS) is 16.0. The van der Waals surface area contributed by atoms with Gasteiger partial charge in [-0.25, -0.2) is 4.79 Å². The molecule has 1 aliphatic rings. The highest BCUT2D eigenvalue weighted by Gasteiger charge is 2.41. The van der Waals surface area contributed by atoms with Crippen molar-refractivity contribution in [3.63, 3.8) is 0 Å². The summed E-state index contributed by atoms with van der Waals surface area (Å²) in [5.74, 6) is -2.96. The van der Waals surface area contributed by atoms with E-state index < -0.39 is 65.9 Å². The predicted molar refractivity (Wildman–Crippen MR) is 183 cm³/mol. The van der Waals surface area contributed by atoms with Crippen LogP contribution < -0.4 is 21.7 Å². The van der Waals surface area contributed by atoms with Gasteiger partial charge in [0, 0.05) is 12.1 Å². The predicted octanol–water partition coefficient (Wildman–Crippen LogP) is 2.45. The minimum Gasteiger partial charge on any atom is -0.445 e.